The molecule has 28 heavy (non-hydrogen) atoms. The van der Waals surface area contributed by atoms with Gasteiger partial charge >= 0.3 is 0 Å². The largest absolute Gasteiger partial charge is 0.485 e. The maximum absolute atomic E-state index is 12.4. The van der Waals surface area contributed by atoms with Gasteiger partial charge in [0.05, 0.1) is 22.6 Å². The highest BCUT2D eigenvalue weighted by Crippen LogP contribution is 2.25. The van der Waals surface area contributed by atoms with Crippen LogP contribution in [-0.2, 0) is 11.4 Å². The standard InChI is InChI=1S/C20H15ClN4O2S/c21-20-16(25-10-4-3-7-18(25)24-20)8-9-19(26)23-15-5-1-2-6-17(15)27-11-14-12-28-13-22-14/h1-10,12-13H,11H2,(H,23,26)/b9-8+. The van der Waals surface area contributed by atoms with Crippen LogP contribution in [-0.4, -0.2) is 20.3 Å². The molecule has 140 valence electrons. The molecule has 8 heteroatoms. The summed E-state index contributed by atoms with van der Waals surface area (Å²) in [4.78, 5) is 20.8. The number of rotatable bonds is 6. The second-order valence-electron chi connectivity index (χ2n) is 5.80. The normalized spacial score (nSPS) is 11.2. The molecule has 6 nitrogen and oxygen atoms in total. The predicted molar refractivity (Wildman–Crippen MR) is 111 cm³/mol. The predicted octanol–water partition coefficient (Wildman–Crippen LogP) is 4.68. The van der Waals surface area contributed by atoms with Crippen molar-refractivity contribution in [1.29, 1.82) is 0 Å². The van der Waals surface area contributed by atoms with Gasteiger partial charge in [0.15, 0.2) is 5.15 Å². The topological polar surface area (TPSA) is 68.5 Å². The molecule has 1 N–H and O–H groups in total. The molecule has 4 aromatic rings. The molecular formula is C20H15ClN4O2S. The molecule has 0 fully saturated rings. The average Bonchev–Trinajstić information content (AvgIpc) is 3.33. The van der Waals surface area contributed by atoms with Crippen LogP contribution in [0, 0.1) is 0 Å². The van der Waals surface area contributed by atoms with Crippen LogP contribution in [0.25, 0.3) is 11.7 Å². The van der Waals surface area contributed by atoms with E-state index in [1.807, 2.05) is 46.3 Å². The minimum Gasteiger partial charge on any atom is -0.485 e. The molecule has 0 atom stereocenters. The molecule has 4 rings (SSSR count). The van der Waals surface area contributed by atoms with Crippen LogP contribution in [0.4, 0.5) is 5.69 Å². The Morgan fingerprint density at radius 1 is 1.25 bits per heavy atom. The number of thiazole rings is 1. The van der Waals surface area contributed by atoms with Crippen molar-refractivity contribution in [2.75, 3.05) is 5.32 Å². The maximum atomic E-state index is 12.4. The summed E-state index contributed by atoms with van der Waals surface area (Å²) in [5.74, 6) is 0.275. The zero-order valence-corrected chi connectivity index (χ0v) is 16.2. The number of imidazole rings is 1. The Morgan fingerprint density at radius 2 is 2.11 bits per heavy atom. The number of benzene rings is 1. The zero-order valence-electron chi connectivity index (χ0n) is 14.6. The van der Waals surface area contributed by atoms with Gasteiger partial charge in [-0.1, -0.05) is 29.8 Å². The first kappa shape index (κ1) is 18.2. The van der Waals surface area contributed by atoms with Gasteiger partial charge in [0.1, 0.15) is 18.0 Å². The van der Waals surface area contributed by atoms with E-state index < -0.39 is 0 Å². The number of ether oxygens (including phenoxy) is 1. The first-order valence-corrected chi connectivity index (χ1v) is 9.73. The Morgan fingerprint density at radius 3 is 2.96 bits per heavy atom. The van der Waals surface area contributed by atoms with E-state index in [9.17, 15) is 4.79 Å². The van der Waals surface area contributed by atoms with Crippen molar-refractivity contribution in [3.63, 3.8) is 0 Å². The number of para-hydroxylation sites is 2. The highest BCUT2D eigenvalue weighted by molar-refractivity contribution is 7.07. The fourth-order valence-electron chi connectivity index (χ4n) is 2.62. The summed E-state index contributed by atoms with van der Waals surface area (Å²) in [5, 5.41) is 5.08. The second-order valence-corrected chi connectivity index (χ2v) is 6.88. The lowest BCUT2D eigenvalue weighted by Gasteiger charge is -2.10. The molecule has 0 bridgehead atoms. The number of aromatic nitrogens is 3. The highest BCUT2D eigenvalue weighted by atomic mass is 35.5. The lowest BCUT2D eigenvalue weighted by atomic mass is 10.3. The SMILES string of the molecule is O=C(/C=C/c1c(Cl)nc2ccccn12)Nc1ccccc1OCc1cscn1. The number of hydrogen-bond donors (Lipinski definition) is 1. The lowest BCUT2D eigenvalue weighted by molar-refractivity contribution is -0.111. The van der Waals surface area contributed by atoms with E-state index in [1.54, 1.807) is 23.7 Å². The van der Waals surface area contributed by atoms with Crippen molar-refractivity contribution in [3.8, 4) is 5.75 Å². The smallest absolute Gasteiger partial charge is 0.248 e. The van der Waals surface area contributed by atoms with Gasteiger partial charge in [0, 0.05) is 17.7 Å². The molecule has 1 amide bonds. The summed E-state index contributed by atoms with van der Waals surface area (Å²) < 4.78 is 7.60. The fourth-order valence-corrected chi connectivity index (χ4v) is 3.40. The average molecular weight is 411 g/mol. The van der Waals surface area contributed by atoms with Crippen molar-refractivity contribution < 1.29 is 9.53 Å². The van der Waals surface area contributed by atoms with Crippen LogP contribution in [0.2, 0.25) is 5.15 Å². The van der Waals surface area contributed by atoms with Crippen LogP contribution in [0.1, 0.15) is 11.4 Å². The molecule has 0 aliphatic rings. The van der Waals surface area contributed by atoms with E-state index >= 15 is 0 Å². The number of hydrogen-bond acceptors (Lipinski definition) is 5. The summed E-state index contributed by atoms with van der Waals surface area (Å²) >= 11 is 7.70. The summed E-state index contributed by atoms with van der Waals surface area (Å²) in [6.45, 7) is 0.337. The van der Waals surface area contributed by atoms with Gasteiger partial charge in [-0.3, -0.25) is 9.20 Å². The van der Waals surface area contributed by atoms with Gasteiger partial charge in [0.25, 0.3) is 0 Å². The minimum absolute atomic E-state index is 0.299. The van der Waals surface area contributed by atoms with Gasteiger partial charge < -0.3 is 10.1 Å². The van der Waals surface area contributed by atoms with E-state index in [0.717, 1.165) is 5.69 Å². The molecule has 3 aromatic heterocycles. The number of halogens is 1. The minimum atomic E-state index is -0.299. The first-order chi connectivity index (χ1) is 13.7. The fraction of sp³-hybridized carbons (Fsp3) is 0.0500. The van der Waals surface area contributed by atoms with Gasteiger partial charge in [-0.25, -0.2) is 9.97 Å². The van der Waals surface area contributed by atoms with Crippen molar-refractivity contribution in [1.82, 2.24) is 14.4 Å². The van der Waals surface area contributed by atoms with E-state index in [-0.39, 0.29) is 5.91 Å². The summed E-state index contributed by atoms with van der Waals surface area (Å²) in [6.07, 6.45) is 4.89. The van der Waals surface area contributed by atoms with Crippen LogP contribution in [0.15, 0.2) is 65.6 Å². The summed E-state index contributed by atoms with van der Waals surface area (Å²) in [5.41, 5.74) is 4.53. The van der Waals surface area contributed by atoms with E-state index in [1.165, 1.54) is 17.4 Å². The number of nitrogens with one attached hydrogen (secondary N) is 1. The number of nitrogens with zero attached hydrogens (tertiary/aromatic N) is 3. The van der Waals surface area contributed by atoms with Crippen LogP contribution in [0.5, 0.6) is 5.75 Å². The monoisotopic (exact) mass is 410 g/mol. The molecule has 0 saturated carbocycles. The Bertz CT molecular complexity index is 1140. The van der Waals surface area contributed by atoms with Crippen molar-refractivity contribution in [3.05, 3.63) is 82.2 Å². The number of anilines is 1. The lowest BCUT2D eigenvalue weighted by Crippen LogP contribution is -2.09. The number of amides is 1. The highest BCUT2D eigenvalue weighted by Gasteiger charge is 2.09. The Hall–Kier alpha value is -3.16. The molecule has 0 spiro atoms. The molecule has 0 radical (unpaired) electrons. The summed E-state index contributed by atoms with van der Waals surface area (Å²) in [6, 6.07) is 12.9. The third-order valence-electron chi connectivity index (χ3n) is 3.92. The van der Waals surface area contributed by atoms with Crippen molar-refractivity contribution in [2.45, 2.75) is 6.61 Å². The molecule has 0 saturated heterocycles. The quantitative estimate of drug-likeness (QED) is 0.469. The first-order valence-electron chi connectivity index (χ1n) is 8.41. The molecule has 0 aliphatic carbocycles. The third-order valence-corrected chi connectivity index (χ3v) is 4.83. The van der Waals surface area contributed by atoms with Crippen LogP contribution in [0.3, 0.4) is 0 Å². The van der Waals surface area contributed by atoms with Gasteiger partial charge in [-0.2, -0.15) is 0 Å². The third kappa shape index (κ3) is 4.05. The number of carbonyl (C=O) groups excluding carboxylic acids is 1. The van der Waals surface area contributed by atoms with Crippen LogP contribution < -0.4 is 10.1 Å². The Kier molecular flexibility index (Phi) is 5.36. The van der Waals surface area contributed by atoms with Gasteiger partial charge in [-0.15, -0.1) is 11.3 Å². The van der Waals surface area contributed by atoms with Gasteiger partial charge in [-0.05, 0) is 30.3 Å². The molecule has 0 aliphatic heterocycles. The van der Waals surface area contributed by atoms with E-state index in [4.69, 9.17) is 16.3 Å². The molecule has 1 aromatic carbocycles. The second kappa shape index (κ2) is 8.24. The molecule has 0 unspecified atom stereocenters. The summed E-state index contributed by atoms with van der Waals surface area (Å²) in [7, 11) is 0. The van der Waals surface area contributed by atoms with Crippen molar-refractivity contribution >= 4 is 46.3 Å². The maximum Gasteiger partial charge on any atom is 0.248 e. The van der Waals surface area contributed by atoms with Crippen molar-refractivity contribution in [2.24, 2.45) is 0 Å². The molecule has 3 heterocycles. The number of pyridine rings is 1. The number of carbonyl (C=O) groups is 1. The van der Waals surface area contributed by atoms with E-state index in [2.05, 4.69) is 15.3 Å². The Balaban J connectivity index is 1.48. The Labute approximate surface area is 170 Å². The number of fused-ring (bicyclic) bond motifs is 1. The van der Waals surface area contributed by atoms with Crippen LogP contribution >= 0.6 is 22.9 Å². The van der Waals surface area contributed by atoms with Gasteiger partial charge in [0.2, 0.25) is 5.91 Å². The molecular weight excluding hydrogens is 396 g/mol. The zero-order chi connectivity index (χ0) is 19.3. The van der Waals surface area contributed by atoms with E-state index in [0.29, 0.717) is 34.5 Å².